The topological polar surface area (TPSA) is 76.2 Å². The van der Waals surface area contributed by atoms with Crippen molar-refractivity contribution >= 4 is 6.03 Å². The Morgan fingerprint density at radius 2 is 2.24 bits per heavy atom. The molecule has 3 heterocycles. The maximum atomic E-state index is 12.5. The largest absolute Gasteiger partial charge is 0.359 e. The fourth-order valence-electron chi connectivity index (χ4n) is 3.35. The molecular formula is C18H27N5O2. The Kier molecular flexibility index (Phi) is 4.83. The van der Waals surface area contributed by atoms with Gasteiger partial charge in [-0.25, -0.2) is 9.78 Å². The van der Waals surface area contributed by atoms with Crippen molar-refractivity contribution in [3.8, 4) is 0 Å². The van der Waals surface area contributed by atoms with Gasteiger partial charge in [-0.15, -0.1) is 0 Å². The van der Waals surface area contributed by atoms with Gasteiger partial charge in [0.05, 0.1) is 18.6 Å². The average molecular weight is 345 g/mol. The van der Waals surface area contributed by atoms with Gasteiger partial charge in [-0.05, 0) is 40.5 Å². The van der Waals surface area contributed by atoms with Crippen LogP contribution >= 0.6 is 0 Å². The summed E-state index contributed by atoms with van der Waals surface area (Å²) in [6.07, 6.45) is 5.90. The number of nitrogens with zero attached hydrogens (tertiary/aromatic N) is 4. The third kappa shape index (κ3) is 4.03. The van der Waals surface area contributed by atoms with E-state index in [4.69, 9.17) is 4.52 Å². The predicted molar refractivity (Wildman–Crippen MR) is 94.2 cm³/mol. The minimum atomic E-state index is -0.0550. The Morgan fingerprint density at radius 1 is 1.44 bits per heavy atom. The Labute approximate surface area is 148 Å². The Bertz CT molecular complexity index is 728. The highest BCUT2D eigenvalue weighted by molar-refractivity contribution is 5.74. The van der Waals surface area contributed by atoms with Gasteiger partial charge in [0.15, 0.2) is 5.76 Å². The molecular weight excluding hydrogens is 318 g/mol. The van der Waals surface area contributed by atoms with Gasteiger partial charge in [-0.2, -0.15) is 0 Å². The summed E-state index contributed by atoms with van der Waals surface area (Å²) >= 11 is 0. The molecule has 7 heteroatoms. The number of amides is 2. The smallest absolute Gasteiger partial charge is 0.317 e. The molecule has 0 radical (unpaired) electrons. The van der Waals surface area contributed by atoms with E-state index in [2.05, 4.69) is 40.8 Å². The van der Waals surface area contributed by atoms with E-state index >= 15 is 0 Å². The number of imidazole rings is 1. The number of likely N-dealkylation sites (tertiary alicyclic amines) is 1. The maximum absolute atomic E-state index is 12.5. The molecule has 1 atom stereocenters. The van der Waals surface area contributed by atoms with E-state index in [-0.39, 0.29) is 11.6 Å². The Morgan fingerprint density at radius 3 is 2.92 bits per heavy atom. The second-order valence-electron chi connectivity index (χ2n) is 7.74. The molecule has 0 spiro atoms. The number of carbonyl (C=O) groups excluding carboxylic acids is 1. The van der Waals surface area contributed by atoms with Crippen LogP contribution in [0.2, 0.25) is 0 Å². The van der Waals surface area contributed by atoms with Crippen LogP contribution in [-0.2, 0) is 12.1 Å². The molecule has 1 aliphatic heterocycles. The van der Waals surface area contributed by atoms with E-state index < -0.39 is 0 Å². The molecule has 1 fully saturated rings. The van der Waals surface area contributed by atoms with E-state index in [9.17, 15) is 4.79 Å². The fourth-order valence-corrected chi connectivity index (χ4v) is 3.35. The van der Waals surface area contributed by atoms with Gasteiger partial charge < -0.3 is 19.3 Å². The summed E-state index contributed by atoms with van der Waals surface area (Å²) in [7, 11) is 0. The standard InChI is InChI=1S/C18H27N5O2/c1-13-8-15(25-21-13)9-20-17(24)22-7-5-6-14(11-22)16-10-19-12-23(16)18(2,3)4/h8,10,12,14H,5-7,9,11H2,1-4H3,(H,20,24). The summed E-state index contributed by atoms with van der Waals surface area (Å²) in [5.74, 6) is 0.985. The van der Waals surface area contributed by atoms with E-state index in [1.165, 1.54) is 5.69 Å². The SMILES string of the molecule is Cc1cc(CNC(=O)N2CCCC(c3cncn3C(C)(C)C)C2)on1. The van der Waals surface area contributed by atoms with Gasteiger partial charge in [0.2, 0.25) is 0 Å². The maximum Gasteiger partial charge on any atom is 0.317 e. The first-order valence-corrected chi connectivity index (χ1v) is 8.82. The van der Waals surface area contributed by atoms with Crippen LogP contribution < -0.4 is 5.32 Å². The second kappa shape index (κ2) is 6.90. The van der Waals surface area contributed by atoms with Crippen LogP contribution in [0.25, 0.3) is 0 Å². The number of piperidine rings is 1. The van der Waals surface area contributed by atoms with Crippen molar-refractivity contribution in [2.75, 3.05) is 13.1 Å². The van der Waals surface area contributed by atoms with Crippen LogP contribution in [0.5, 0.6) is 0 Å². The molecule has 1 unspecified atom stereocenters. The number of urea groups is 1. The highest BCUT2D eigenvalue weighted by Crippen LogP contribution is 2.30. The zero-order valence-electron chi connectivity index (χ0n) is 15.5. The first-order valence-electron chi connectivity index (χ1n) is 8.82. The molecule has 0 aliphatic carbocycles. The molecule has 3 rings (SSSR count). The molecule has 1 saturated heterocycles. The quantitative estimate of drug-likeness (QED) is 0.928. The van der Waals surface area contributed by atoms with Crippen LogP contribution in [0.3, 0.4) is 0 Å². The van der Waals surface area contributed by atoms with Gasteiger partial charge in [0.25, 0.3) is 0 Å². The van der Waals surface area contributed by atoms with E-state index in [0.717, 1.165) is 25.1 Å². The minimum absolute atomic E-state index is 0.0134. The van der Waals surface area contributed by atoms with Crippen molar-refractivity contribution in [2.24, 2.45) is 0 Å². The highest BCUT2D eigenvalue weighted by atomic mass is 16.5. The van der Waals surface area contributed by atoms with E-state index in [1.54, 1.807) is 0 Å². The zero-order valence-corrected chi connectivity index (χ0v) is 15.5. The first kappa shape index (κ1) is 17.5. The number of nitrogens with one attached hydrogen (secondary N) is 1. The van der Waals surface area contributed by atoms with Gasteiger partial charge in [0, 0.05) is 42.5 Å². The molecule has 2 aromatic rings. The van der Waals surface area contributed by atoms with Gasteiger partial charge in [0.1, 0.15) is 0 Å². The van der Waals surface area contributed by atoms with Crippen LogP contribution in [0.15, 0.2) is 23.1 Å². The summed E-state index contributed by atoms with van der Waals surface area (Å²) in [5.41, 5.74) is 2.01. The summed E-state index contributed by atoms with van der Waals surface area (Å²) in [5, 5.41) is 6.76. The van der Waals surface area contributed by atoms with Gasteiger partial charge in [-0.1, -0.05) is 5.16 Å². The predicted octanol–water partition coefficient (Wildman–Crippen LogP) is 3.02. The van der Waals surface area contributed by atoms with Crippen molar-refractivity contribution in [1.29, 1.82) is 0 Å². The normalized spacial score (nSPS) is 18.4. The highest BCUT2D eigenvalue weighted by Gasteiger charge is 2.29. The molecule has 1 N–H and O–H groups in total. The molecule has 0 aromatic carbocycles. The van der Waals surface area contributed by atoms with Crippen molar-refractivity contribution in [2.45, 2.75) is 58.5 Å². The Balaban J connectivity index is 1.63. The van der Waals surface area contributed by atoms with Crippen molar-refractivity contribution in [3.05, 3.63) is 35.7 Å². The number of aromatic nitrogens is 3. The lowest BCUT2D eigenvalue weighted by atomic mass is 9.94. The number of hydrogen-bond acceptors (Lipinski definition) is 4. The third-order valence-electron chi connectivity index (χ3n) is 4.61. The van der Waals surface area contributed by atoms with Crippen LogP contribution in [-0.4, -0.2) is 38.7 Å². The molecule has 0 saturated carbocycles. The summed E-state index contributed by atoms with van der Waals surface area (Å²) < 4.78 is 7.36. The lowest BCUT2D eigenvalue weighted by Crippen LogP contribution is -2.45. The molecule has 2 amide bonds. The summed E-state index contributed by atoms with van der Waals surface area (Å²) in [4.78, 5) is 18.7. The molecule has 136 valence electrons. The molecule has 25 heavy (non-hydrogen) atoms. The molecule has 7 nitrogen and oxygen atoms in total. The van der Waals surface area contributed by atoms with Crippen molar-refractivity contribution < 1.29 is 9.32 Å². The van der Waals surface area contributed by atoms with Crippen LogP contribution in [0.4, 0.5) is 4.79 Å². The number of hydrogen-bond donors (Lipinski definition) is 1. The minimum Gasteiger partial charge on any atom is -0.359 e. The Hall–Kier alpha value is -2.31. The zero-order chi connectivity index (χ0) is 18.0. The van der Waals surface area contributed by atoms with Gasteiger partial charge >= 0.3 is 6.03 Å². The number of carbonyl (C=O) groups is 1. The van der Waals surface area contributed by atoms with Crippen LogP contribution in [0.1, 0.15) is 56.7 Å². The van der Waals surface area contributed by atoms with Gasteiger partial charge in [-0.3, -0.25) is 0 Å². The lowest BCUT2D eigenvalue weighted by Gasteiger charge is -2.35. The van der Waals surface area contributed by atoms with E-state index in [0.29, 0.717) is 24.8 Å². The lowest BCUT2D eigenvalue weighted by molar-refractivity contribution is 0.175. The van der Waals surface area contributed by atoms with Crippen molar-refractivity contribution in [3.63, 3.8) is 0 Å². The average Bonchev–Trinajstić information content (AvgIpc) is 3.21. The summed E-state index contributed by atoms with van der Waals surface area (Å²) in [6, 6.07) is 1.78. The first-order chi connectivity index (χ1) is 11.8. The summed E-state index contributed by atoms with van der Waals surface area (Å²) in [6.45, 7) is 10.2. The van der Waals surface area contributed by atoms with Crippen LogP contribution in [0, 0.1) is 6.92 Å². The molecule has 0 bridgehead atoms. The van der Waals surface area contributed by atoms with Crippen molar-refractivity contribution in [1.82, 2.24) is 24.9 Å². The van der Waals surface area contributed by atoms with E-state index in [1.807, 2.05) is 30.4 Å². The molecule has 1 aliphatic rings. The number of rotatable bonds is 3. The number of aryl methyl sites for hydroxylation is 1. The third-order valence-corrected chi connectivity index (χ3v) is 4.61. The second-order valence-corrected chi connectivity index (χ2v) is 7.74. The monoisotopic (exact) mass is 345 g/mol. The molecule has 2 aromatic heterocycles. The fraction of sp³-hybridized carbons (Fsp3) is 0.611.